The number of halogens is 3. The minimum Gasteiger partial charge on any atom is -0.396 e. The molecule has 68 valence electrons. The standard InChI is InChI=1S/C6H6Cl2N2O.ClH/c7-5-4(1-2-11)6(8)10-3-9-5;/h3,11H,1-2H2;1H. The summed E-state index contributed by atoms with van der Waals surface area (Å²) >= 11 is 11.3. The van der Waals surface area contributed by atoms with Gasteiger partial charge in [-0.15, -0.1) is 12.4 Å². The van der Waals surface area contributed by atoms with Crippen LogP contribution in [0.15, 0.2) is 6.33 Å². The highest BCUT2D eigenvalue weighted by Crippen LogP contribution is 2.19. The molecule has 1 N–H and O–H groups in total. The van der Waals surface area contributed by atoms with Crippen LogP contribution in [0.1, 0.15) is 5.56 Å². The van der Waals surface area contributed by atoms with Gasteiger partial charge in [-0.05, 0) is 0 Å². The van der Waals surface area contributed by atoms with Crippen LogP contribution in [0.3, 0.4) is 0 Å². The predicted molar refractivity (Wildman–Crippen MR) is 50.1 cm³/mol. The van der Waals surface area contributed by atoms with Crippen LogP contribution in [0.4, 0.5) is 0 Å². The monoisotopic (exact) mass is 228 g/mol. The Labute approximate surface area is 86.2 Å². The van der Waals surface area contributed by atoms with Crippen LogP contribution in [0, 0.1) is 0 Å². The van der Waals surface area contributed by atoms with Crippen LogP contribution in [0.2, 0.25) is 10.3 Å². The SMILES string of the molecule is Cl.OCCc1c(Cl)ncnc1Cl. The second-order valence-corrected chi connectivity index (χ2v) is 2.62. The average molecular weight is 229 g/mol. The first-order chi connectivity index (χ1) is 5.25. The molecule has 6 heteroatoms. The van der Waals surface area contributed by atoms with Gasteiger partial charge in [0.2, 0.25) is 0 Å². The highest BCUT2D eigenvalue weighted by molar-refractivity contribution is 6.34. The van der Waals surface area contributed by atoms with Gasteiger partial charge in [0, 0.05) is 18.6 Å². The van der Waals surface area contributed by atoms with Gasteiger partial charge < -0.3 is 5.11 Å². The average Bonchev–Trinajstić information content (AvgIpc) is 1.97. The summed E-state index contributed by atoms with van der Waals surface area (Å²) in [6, 6.07) is 0. The third kappa shape index (κ3) is 2.75. The minimum atomic E-state index is -0.00713. The topological polar surface area (TPSA) is 46.0 Å². The van der Waals surface area contributed by atoms with Crippen molar-refractivity contribution >= 4 is 35.6 Å². The molecule has 1 aromatic rings. The molecule has 0 aliphatic rings. The summed E-state index contributed by atoms with van der Waals surface area (Å²) in [6.45, 7) is -0.00713. The van der Waals surface area contributed by atoms with E-state index in [-0.39, 0.29) is 19.0 Å². The Balaban J connectivity index is 0.00000121. The predicted octanol–water partition coefficient (Wildman–Crippen LogP) is 1.74. The van der Waals surface area contributed by atoms with Gasteiger partial charge in [-0.1, -0.05) is 23.2 Å². The van der Waals surface area contributed by atoms with Crippen LogP contribution < -0.4 is 0 Å². The first kappa shape index (κ1) is 11.9. The molecule has 0 amide bonds. The Bertz CT molecular complexity index is 236. The van der Waals surface area contributed by atoms with E-state index in [1.807, 2.05) is 0 Å². The fourth-order valence-corrected chi connectivity index (χ4v) is 1.19. The maximum absolute atomic E-state index is 8.60. The third-order valence-corrected chi connectivity index (χ3v) is 1.85. The number of rotatable bonds is 2. The number of hydrogen-bond donors (Lipinski definition) is 1. The molecule has 0 bridgehead atoms. The van der Waals surface area contributed by atoms with Gasteiger partial charge in [0.1, 0.15) is 16.6 Å². The van der Waals surface area contributed by atoms with Crippen molar-refractivity contribution in [3.63, 3.8) is 0 Å². The lowest BCUT2D eigenvalue weighted by Gasteiger charge is -2.00. The molecule has 0 aromatic carbocycles. The summed E-state index contributed by atoms with van der Waals surface area (Å²) in [5, 5.41) is 9.21. The van der Waals surface area contributed by atoms with Gasteiger partial charge in [0.25, 0.3) is 0 Å². The zero-order valence-electron chi connectivity index (χ0n) is 6.00. The maximum Gasteiger partial charge on any atom is 0.137 e. The molecule has 0 atom stereocenters. The maximum atomic E-state index is 8.60. The van der Waals surface area contributed by atoms with E-state index in [0.717, 1.165) is 0 Å². The van der Waals surface area contributed by atoms with Crippen LogP contribution in [-0.4, -0.2) is 21.7 Å². The molecule has 0 saturated carbocycles. The number of aliphatic hydroxyl groups excluding tert-OH is 1. The Morgan fingerprint density at radius 2 is 1.75 bits per heavy atom. The summed E-state index contributed by atoms with van der Waals surface area (Å²) in [7, 11) is 0. The Morgan fingerprint density at radius 1 is 1.25 bits per heavy atom. The molecule has 0 fully saturated rings. The summed E-state index contributed by atoms with van der Waals surface area (Å²) in [5.74, 6) is 0. The normalized spacial score (nSPS) is 9.25. The fourth-order valence-electron chi connectivity index (χ4n) is 0.689. The smallest absolute Gasteiger partial charge is 0.137 e. The van der Waals surface area contributed by atoms with Crippen LogP contribution in [-0.2, 0) is 6.42 Å². The molecule has 3 nitrogen and oxygen atoms in total. The summed E-state index contributed by atoms with van der Waals surface area (Å²) in [4.78, 5) is 7.43. The molecule has 0 aliphatic heterocycles. The molecular formula is C6H7Cl3N2O. The van der Waals surface area contributed by atoms with Crippen molar-refractivity contribution in [2.75, 3.05) is 6.61 Å². The van der Waals surface area contributed by atoms with Crippen molar-refractivity contribution in [3.05, 3.63) is 22.2 Å². The minimum absolute atomic E-state index is 0. The molecule has 1 heterocycles. The fraction of sp³-hybridized carbons (Fsp3) is 0.333. The van der Waals surface area contributed by atoms with Crippen molar-refractivity contribution in [2.24, 2.45) is 0 Å². The van der Waals surface area contributed by atoms with E-state index in [0.29, 0.717) is 22.3 Å². The second-order valence-electron chi connectivity index (χ2n) is 1.91. The summed E-state index contributed by atoms with van der Waals surface area (Å²) in [5.41, 5.74) is 0.596. The van der Waals surface area contributed by atoms with Crippen molar-refractivity contribution in [3.8, 4) is 0 Å². The Hall–Kier alpha value is -0.0900. The van der Waals surface area contributed by atoms with Crippen LogP contribution in [0.5, 0.6) is 0 Å². The van der Waals surface area contributed by atoms with E-state index in [1.54, 1.807) is 0 Å². The summed E-state index contributed by atoms with van der Waals surface area (Å²) in [6.07, 6.45) is 1.67. The second kappa shape index (κ2) is 5.54. The molecule has 1 aromatic heterocycles. The van der Waals surface area contributed by atoms with Crippen LogP contribution >= 0.6 is 35.6 Å². The number of nitrogens with zero attached hydrogens (tertiary/aromatic N) is 2. The Morgan fingerprint density at radius 3 is 2.17 bits per heavy atom. The lowest BCUT2D eigenvalue weighted by Crippen LogP contribution is -1.96. The molecular weight excluding hydrogens is 222 g/mol. The van der Waals surface area contributed by atoms with E-state index in [9.17, 15) is 0 Å². The van der Waals surface area contributed by atoms with Crippen molar-refractivity contribution < 1.29 is 5.11 Å². The molecule has 0 radical (unpaired) electrons. The molecule has 0 spiro atoms. The van der Waals surface area contributed by atoms with E-state index >= 15 is 0 Å². The molecule has 1 rings (SSSR count). The number of hydrogen-bond acceptors (Lipinski definition) is 3. The highest BCUT2D eigenvalue weighted by atomic mass is 35.5. The highest BCUT2D eigenvalue weighted by Gasteiger charge is 2.05. The molecule has 12 heavy (non-hydrogen) atoms. The van der Waals surface area contributed by atoms with Gasteiger partial charge in [-0.25, -0.2) is 9.97 Å². The first-order valence-electron chi connectivity index (χ1n) is 3.01. The quantitative estimate of drug-likeness (QED) is 0.786. The van der Waals surface area contributed by atoms with Gasteiger partial charge in [-0.2, -0.15) is 0 Å². The van der Waals surface area contributed by atoms with E-state index in [1.165, 1.54) is 6.33 Å². The zero-order valence-corrected chi connectivity index (χ0v) is 8.33. The van der Waals surface area contributed by atoms with Crippen LogP contribution in [0.25, 0.3) is 0 Å². The largest absolute Gasteiger partial charge is 0.396 e. The van der Waals surface area contributed by atoms with E-state index in [4.69, 9.17) is 28.3 Å². The zero-order chi connectivity index (χ0) is 8.27. The lowest BCUT2D eigenvalue weighted by atomic mass is 10.2. The van der Waals surface area contributed by atoms with Crippen molar-refractivity contribution in [2.45, 2.75) is 6.42 Å². The molecule has 0 aliphatic carbocycles. The molecule has 0 unspecified atom stereocenters. The van der Waals surface area contributed by atoms with E-state index in [2.05, 4.69) is 9.97 Å². The van der Waals surface area contributed by atoms with Gasteiger partial charge >= 0.3 is 0 Å². The number of aliphatic hydroxyl groups is 1. The lowest BCUT2D eigenvalue weighted by molar-refractivity contribution is 0.299. The third-order valence-electron chi connectivity index (χ3n) is 1.20. The van der Waals surface area contributed by atoms with Gasteiger partial charge in [-0.3, -0.25) is 0 Å². The van der Waals surface area contributed by atoms with Gasteiger partial charge in [0.15, 0.2) is 0 Å². The van der Waals surface area contributed by atoms with Gasteiger partial charge in [0.05, 0.1) is 0 Å². The summed E-state index contributed by atoms with van der Waals surface area (Å²) < 4.78 is 0. The number of aromatic nitrogens is 2. The Kier molecular flexibility index (Phi) is 5.50. The van der Waals surface area contributed by atoms with Crippen molar-refractivity contribution in [1.29, 1.82) is 0 Å². The molecule has 0 saturated heterocycles. The first-order valence-corrected chi connectivity index (χ1v) is 3.77. The van der Waals surface area contributed by atoms with E-state index < -0.39 is 0 Å². The van der Waals surface area contributed by atoms with Crippen molar-refractivity contribution in [1.82, 2.24) is 9.97 Å².